The summed E-state index contributed by atoms with van der Waals surface area (Å²) in [5.41, 5.74) is -4.79. The van der Waals surface area contributed by atoms with Gasteiger partial charge in [0.25, 0.3) is 0 Å². The number of halogens is 30. The molecule has 3 aromatic rings. The van der Waals surface area contributed by atoms with Crippen LogP contribution in [0.15, 0.2) is 78.4 Å². The summed E-state index contributed by atoms with van der Waals surface area (Å²) in [5, 5.41) is 0. The highest BCUT2D eigenvalue weighted by molar-refractivity contribution is 6.17. The molecule has 0 aliphatic heterocycles. The van der Waals surface area contributed by atoms with Crippen molar-refractivity contribution in [1.29, 1.82) is 0 Å². The summed E-state index contributed by atoms with van der Waals surface area (Å²) in [6, 6.07) is 11.3. The fourth-order valence-electron chi connectivity index (χ4n) is 6.40. The number of hydrogen-bond donors (Lipinski definition) is 0. The van der Waals surface area contributed by atoms with Gasteiger partial charge in [-0.3, -0.25) is 0 Å². The van der Waals surface area contributed by atoms with Gasteiger partial charge in [-0.15, -0.1) is 0 Å². The van der Waals surface area contributed by atoms with Crippen molar-refractivity contribution < 1.29 is 175 Å². The Bertz CT molecular complexity index is 2790. The van der Waals surface area contributed by atoms with E-state index in [1.807, 2.05) is 0 Å². The number of rotatable bonds is 29. The third-order valence-corrected chi connectivity index (χ3v) is 11.6. The summed E-state index contributed by atoms with van der Waals surface area (Å²) in [6.07, 6.45) is -10.6. The molecule has 9 nitrogen and oxygen atoms in total. The van der Waals surface area contributed by atoms with Gasteiger partial charge >= 0.3 is 107 Å². The van der Waals surface area contributed by atoms with Crippen LogP contribution in [0.3, 0.4) is 0 Å². The second kappa shape index (κ2) is 25.6. The molecule has 3 aromatic carbocycles. The number of hydrogen-bond acceptors (Lipinski definition) is 9. The molecule has 0 aliphatic carbocycles. The van der Waals surface area contributed by atoms with Crippen LogP contribution in [0.2, 0.25) is 0 Å². The Balaban J connectivity index is 1.97. The molecule has 0 unspecified atom stereocenters. The summed E-state index contributed by atoms with van der Waals surface area (Å²) in [6.45, 7) is -5.89. The van der Waals surface area contributed by atoms with Gasteiger partial charge in [-0.25, -0.2) is 19.2 Å². The topological polar surface area (TPSA) is 114 Å². The number of ether oxygens (including phenoxy) is 5. The van der Waals surface area contributed by atoms with E-state index in [1.165, 1.54) is 24.3 Å². The van der Waals surface area contributed by atoms with Gasteiger partial charge in [-0.05, 0) is 78.7 Å². The zero-order valence-electron chi connectivity index (χ0n) is 42.4. The van der Waals surface area contributed by atoms with E-state index in [1.54, 1.807) is 0 Å². The second-order valence-electron chi connectivity index (χ2n) is 17.9. The molecule has 0 bridgehead atoms. The molecule has 3 rings (SSSR count). The number of carbonyl (C=O) groups excluding carboxylic acids is 4. The molecule has 0 saturated heterocycles. The predicted molar refractivity (Wildman–Crippen MR) is 229 cm³/mol. The van der Waals surface area contributed by atoms with Crippen LogP contribution in [0.5, 0.6) is 17.2 Å². The van der Waals surface area contributed by atoms with Crippen molar-refractivity contribution in [1.82, 2.24) is 0 Å². The van der Waals surface area contributed by atoms with E-state index in [0.717, 1.165) is 62.8 Å². The molecule has 0 fully saturated rings. The molecule has 0 aliphatic rings. The Morgan fingerprint density at radius 2 is 0.644 bits per heavy atom. The number of alkyl halides is 30. The van der Waals surface area contributed by atoms with Gasteiger partial charge in [-0.1, -0.05) is 51.2 Å². The largest absolute Gasteiger partial charge is 0.494 e. The van der Waals surface area contributed by atoms with Gasteiger partial charge in [0.15, 0.2) is 13.2 Å². The van der Waals surface area contributed by atoms with Crippen molar-refractivity contribution in [3.05, 3.63) is 95.1 Å². The molecule has 0 saturated carbocycles. The lowest BCUT2D eigenvalue weighted by atomic mass is 9.91. The Labute approximate surface area is 465 Å². The van der Waals surface area contributed by atoms with Crippen LogP contribution in [-0.4, -0.2) is 127 Å². The molecule has 0 atom stereocenters. The van der Waals surface area contributed by atoms with Crippen molar-refractivity contribution in [3.8, 4) is 17.2 Å². The summed E-state index contributed by atoms with van der Waals surface area (Å²) >= 11 is 0. The lowest BCUT2D eigenvalue weighted by molar-refractivity contribution is -0.453. The maximum absolute atomic E-state index is 14.6. The van der Waals surface area contributed by atoms with Gasteiger partial charge in [0, 0.05) is 0 Å². The Hall–Kier alpha value is -7.02. The fraction of sp³-hybridized carbons (Fsp3) is 0.500. The van der Waals surface area contributed by atoms with E-state index in [-0.39, 0.29) is 11.3 Å². The standard InChI is InChI=1S/C48H34F30O9/c1-2-3-4-5-6-7-20-83-27-16-18-29(19-17-27)87-32(80)26-12-14-28(15-13-26)86-31(79)25-10-8-24(9-11-25)21-30(33(81)84-22-35(49,50)37(53,54)39(57,58)41(61,62)43(65,66)45(69,70)47(73,74)75)34(82)85-23-36(51,52)38(55,56)40(59,60)42(63,64)44(67,68)46(71,72)48(76,77)78/h8-19,21H,2-7,20,22-23H2,1H3. The zero-order valence-corrected chi connectivity index (χ0v) is 42.4. The highest BCUT2D eigenvalue weighted by Gasteiger charge is 2.95. The van der Waals surface area contributed by atoms with E-state index < -0.39 is 149 Å². The Morgan fingerprint density at radius 1 is 0.356 bits per heavy atom. The highest BCUT2D eigenvalue weighted by atomic mass is 19.4. The van der Waals surface area contributed by atoms with Crippen molar-refractivity contribution >= 4 is 30.0 Å². The number of esters is 4. The molecule has 0 N–H and O–H groups in total. The van der Waals surface area contributed by atoms with Crippen LogP contribution >= 0.6 is 0 Å². The average Bonchev–Trinajstić information content (AvgIpc) is 0.726. The van der Waals surface area contributed by atoms with E-state index in [4.69, 9.17) is 14.2 Å². The first-order valence-electron chi connectivity index (χ1n) is 23.2. The van der Waals surface area contributed by atoms with Crippen LogP contribution in [0, 0.1) is 0 Å². The second-order valence-corrected chi connectivity index (χ2v) is 17.9. The monoisotopic (exact) mass is 1320 g/mol. The van der Waals surface area contributed by atoms with E-state index >= 15 is 0 Å². The number of benzene rings is 3. The first-order chi connectivity index (χ1) is 39.1. The Morgan fingerprint density at radius 3 is 0.989 bits per heavy atom. The van der Waals surface area contributed by atoms with Gasteiger partial charge in [0.2, 0.25) is 0 Å². The predicted octanol–water partition coefficient (Wildman–Crippen LogP) is 16.1. The average molecular weight is 1320 g/mol. The summed E-state index contributed by atoms with van der Waals surface area (Å²) < 4.78 is 433. The lowest BCUT2D eigenvalue weighted by Crippen LogP contribution is -2.73. The first kappa shape index (κ1) is 74.2. The van der Waals surface area contributed by atoms with Crippen LogP contribution in [-0.2, 0) is 19.1 Å². The molecule has 0 radical (unpaired) electrons. The fourth-order valence-corrected chi connectivity index (χ4v) is 6.40. The number of unbranched alkanes of at least 4 members (excludes halogenated alkanes) is 5. The van der Waals surface area contributed by atoms with Gasteiger partial charge in [-0.2, -0.15) is 132 Å². The minimum absolute atomic E-state index is 0.0389. The molecular weight excluding hydrogens is 1290 g/mol. The highest BCUT2D eigenvalue weighted by Crippen LogP contribution is 2.64. The lowest BCUT2D eigenvalue weighted by Gasteiger charge is -2.41. The van der Waals surface area contributed by atoms with E-state index in [0.29, 0.717) is 36.6 Å². The molecule has 490 valence electrons. The third kappa shape index (κ3) is 14.4. The van der Waals surface area contributed by atoms with Gasteiger partial charge in [0.1, 0.15) is 22.8 Å². The zero-order chi connectivity index (χ0) is 67.4. The van der Waals surface area contributed by atoms with Crippen molar-refractivity contribution in [2.45, 2.75) is 129 Å². The molecule has 0 heterocycles. The van der Waals surface area contributed by atoms with Crippen molar-refractivity contribution in [2.24, 2.45) is 0 Å². The molecule has 0 amide bonds. The van der Waals surface area contributed by atoms with Gasteiger partial charge < -0.3 is 23.7 Å². The van der Waals surface area contributed by atoms with Crippen molar-refractivity contribution in [3.63, 3.8) is 0 Å². The SMILES string of the molecule is CCCCCCCCOc1ccc(OC(=O)c2ccc(OC(=O)c3ccc(C=C(C(=O)OCC(F)(F)C(F)(F)C(F)(F)C(F)(F)C(F)(F)C(F)(F)C(F)(F)F)C(=O)OCC(F)(F)C(F)(F)C(F)(F)C(F)(F)C(F)(F)C(F)(F)C(F)(F)F)cc3)cc2)cc1. The minimum Gasteiger partial charge on any atom is -0.494 e. The quantitative estimate of drug-likeness (QED) is 0.0127. The molecule has 0 spiro atoms. The maximum atomic E-state index is 14.6. The van der Waals surface area contributed by atoms with Gasteiger partial charge in [0.05, 0.1) is 17.7 Å². The van der Waals surface area contributed by atoms with E-state index in [9.17, 15) is 151 Å². The Kier molecular flexibility index (Phi) is 21.8. The summed E-state index contributed by atoms with van der Waals surface area (Å²) in [4.78, 5) is 51.1. The number of carbonyl (C=O) groups is 4. The minimum atomic E-state index is -8.95. The summed E-state index contributed by atoms with van der Waals surface area (Å²) in [5.74, 6) is -112. The van der Waals surface area contributed by atoms with Crippen LogP contribution in [0.4, 0.5) is 132 Å². The molecule has 39 heteroatoms. The smallest absolute Gasteiger partial charge is 0.460 e. The van der Waals surface area contributed by atoms with Crippen molar-refractivity contribution in [2.75, 3.05) is 19.8 Å². The van der Waals surface area contributed by atoms with Crippen LogP contribution < -0.4 is 14.2 Å². The molecule has 87 heavy (non-hydrogen) atoms. The van der Waals surface area contributed by atoms with Crippen LogP contribution in [0.25, 0.3) is 6.08 Å². The maximum Gasteiger partial charge on any atom is 0.460 e. The normalized spacial score (nSPS) is 14.1. The molecular formula is C48H34F30O9. The van der Waals surface area contributed by atoms with Crippen LogP contribution in [0.1, 0.15) is 71.7 Å². The summed E-state index contributed by atoms with van der Waals surface area (Å²) in [7, 11) is 0. The third-order valence-electron chi connectivity index (χ3n) is 11.6. The van der Waals surface area contributed by atoms with E-state index in [2.05, 4.69) is 16.4 Å². The molecule has 0 aromatic heterocycles. The first-order valence-corrected chi connectivity index (χ1v) is 23.2.